The summed E-state index contributed by atoms with van der Waals surface area (Å²) in [5.74, 6) is 0.665. The van der Waals surface area contributed by atoms with Crippen LogP contribution in [0, 0.1) is 5.92 Å². The van der Waals surface area contributed by atoms with E-state index in [1.807, 2.05) is 0 Å². The van der Waals surface area contributed by atoms with Crippen LogP contribution < -0.4 is 10.2 Å². The highest BCUT2D eigenvalue weighted by molar-refractivity contribution is 5.45. The van der Waals surface area contributed by atoms with E-state index in [9.17, 15) is 0 Å². The zero-order valence-corrected chi connectivity index (χ0v) is 13.3. The molecule has 0 saturated carbocycles. The Morgan fingerprint density at radius 1 is 1.00 bits per heavy atom. The van der Waals surface area contributed by atoms with Gasteiger partial charge < -0.3 is 15.1 Å². The molecule has 1 N–H and O–H groups in total. The fourth-order valence-corrected chi connectivity index (χ4v) is 2.29. The van der Waals surface area contributed by atoms with Crippen molar-refractivity contribution in [1.82, 2.24) is 10.2 Å². The van der Waals surface area contributed by atoms with E-state index in [4.69, 9.17) is 0 Å². The normalized spacial score (nSPS) is 13.1. The van der Waals surface area contributed by atoms with Crippen LogP contribution in [-0.2, 0) is 6.54 Å². The van der Waals surface area contributed by atoms with E-state index in [2.05, 4.69) is 81.4 Å². The topological polar surface area (TPSA) is 18.5 Å². The maximum absolute atomic E-state index is 3.56. The molecule has 1 atom stereocenters. The Bertz CT molecular complexity index is 347. The summed E-state index contributed by atoms with van der Waals surface area (Å²) in [5.41, 5.74) is 2.59. The number of likely N-dealkylation sites (N-methyl/N-ethyl adjacent to an activating group) is 1. The number of benzene rings is 1. The molecular weight excluding hydrogens is 234 g/mol. The minimum atomic E-state index is 0.584. The van der Waals surface area contributed by atoms with E-state index in [-0.39, 0.29) is 0 Å². The predicted octanol–water partition coefficient (Wildman–Crippen LogP) is 2.43. The lowest BCUT2D eigenvalue weighted by molar-refractivity contribution is 0.224. The lowest BCUT2D eigenvalue weighted by Crippen LogP contribution is -2.41. The van der Waals surface area contributed by atoms with Crippen LogP contribution in [0.3, 0.4) is 0 Å². The molecule has 0 aromatic heterocycles. The number of nitrogens with zero attached hydrogens (tertiary/aromatic N) is 2. The number of nitrogens with one attached hydrogen (secondary N) is 1. The van der Waals surface area contributed by atoms with Crippen molar-refractivity contribution in [3.05, 3.63) is 29.8 Å². The van der Waals surface area contributed by atoms with E-state index in [0.29, 0.717) is 12.0 Å². The van der Waals surface area contributed by atoms with Crippen LogP contribution in [0.15, 0.2) is 24.3 Å². The minimum Gasteiger partial charge on any atom is -0.378 e. The standard InChI is InChI=1S/C16H29N3/c1-13(2)16(19(5)6)12-17-11-14-7-9-15(10-8-14)18(3)4/h7-10,13,16-17H,11-12H2,1-6H3. The molecule has 0 radical (unpaired) electrons. The molecule has 0 aliphatic heterocycles. The van der Waals surface area contributed by atoms with E-state index >= 15 is 0 Å². The highest BCUT2D eigenvalue weighted by atomic mass is 15.1. The summed E-state index contributed by atoms with van der Waals surface area (Å²) < 4.78 is 0. The molecule has 3 heteroatoms. The van der Waals surface area contributed by atoms with Gasteiger partial charge in [-0.15, -0.1) is 0 Å². The molecule has 0 fully saturated rings. The quantitative estimate of drug-likeness (QED) is 0.815. The van der Waals surface area contributed by atoms with Gasteiger partial charge in [0, 0.05) is 38.9 Å². The maximum atomic E-state index is 3.56. The third-order valence-corrected chi connectivity index (χ3v) is 3.57. The van der Waals surface area contributed by atoms with Gasteiger partial charge in [-0.2, -0.15) is 0 Å². The molecule has 19 heavy (non-hydrogen) atoms. The van der Waals surface area contributed by atoms with Gasteiger partial charge in [0.25, 0.3) is 0 Å². The molecule has 0 amide bonds. The van der Waals surface area contributed by atoms with Gasteiger partial charge in [-0.05, 0) is 37.7 Å². The molecular formula is C16H29N3. The van der Waals surface area contributed by atoms with E-state index in [1.54, 1.807) is 0 Å². The van der Waals surface area contributed by atoms with Crippen molar-refractivity contribution in [3.8, 4) is 0 Å². The summed E-state index contributed by atoms with van der Waals surface area (Å²) in [7, 11) is 8.44. The summed E-state index contributed by atoms with van der Waals surface area (Å²) >= 11 is 0. The van der Waals surface area contributed by atoms with Gasteiger partial charge in [-0.3, -0.25) is 0 Å². The van der Waals surface area contributed by atoms with Crippen molar-refractivity contribution < 1.29 is 0 Å². The number of anilines is 1. The van der Waals surface area contributed by atoms with Crippen LogP contribution in [0.25, 0.3) is 0 Å². The maximum Gasteiger partial charge on any atom is 0.0361 e. The van der Waals surface area contributed by atoms with E-state index < -0.39 is 0 Å². The van der Waals surface area contributed by atoms with Gasteiger partial charge in [0.2, 0.25) is 0 Å². The Balaban J connectivity index is 2.44. The Morgan fingerprint density at radius 2 is 1.58 bits per heavy atom. The minimum absolute atomic E-state index is 0.584. The van der Waals surface area contributed by atoms with Crippen molar-refractivity contribution in [3.63, 3.8) is 0 Å². The highest BCUT2D eigenvalue weighted by Crippen LogP contribution is 2.12. The lowest BCUT2D eigenvalue weighted by Gasteiger charge is -2.28. The first-order valence-corrected chi connectivity index (χ1v) is 7.05. The van der Waals surface area contributed by atoms with Crippen LogP contribution in [0.5, 0.6) is 0 Å². The molecule has 1 aromatic carbocycles. The van der Waals surface area contributed by atoms with Crippen LogP contribution in [0.2, 0.25) is 0 Å². The summed E-state index contributed by atoms with van der Waals surface area (Å²) in [5, 5.41) is 3.56. The molecule has 3 nitrogen and oxygen atoms in total. The average molecular weight is 263 g/mol. The fourth-order valence-electron chi connectivity index (χ4n) is 2.29. The van der Waals surface area contributed by atoms with Gasteiger partial charge in [0.1, 0.15) is 0 Å². The first-order chi connectivity index (χ1) is 8.91. The van der Waals surface area contributed by atoms with Crippen LogP contribution >= 0.6 is 0 Å². The molecule has 0 aliphatic rings. The second-order valence-electron chi connectivity index (χ2n) is 5.97. The Labute approximate surface area is 118 Å². The van der Waals surface area contributed by atoms with Crippen molar-refractivity contribution in [2.45, 2.75) is 26.4 Å². The first kappa shape index (κ1) is 16.0. The summed E-state index contributed by atoms with van der Waals surface area (Å²) in [6, 6.07) is 9.32. The molecule has 0 heterocycles. The monoisotopic (exact) mass is 263 g/mol. The molecule has 1 unspecified atom stereocenters. The van der Waals surface area contributed by atoms with Crippen LogP contribution in [0.4, 0.5) is 5.69 Å². The second kappa shape index (κ2) is 7.51. The molecule has 1 aromatic rings. The van der Waals surface area contributed by atoms with Crippen molar-refractivity contribution in [2.75, 3.05) is 39.6 Å². The molecule has 108 valence electrons. The zero-order valence-electron chi connectivity index (χ0n) is 13.3. The number of hydrogen-bond donors (Lipinski definition) is 1. The summed E-state index contributed by atoms with van der Waals surface area (Å²) in [6.07, 6.45) is 0. The molecule has 0 aliphatic carbocycles. The molecule has 0 saturated heterocycles. The van der Waals surface area contributed by atoms with Gasteiger partial charge in [0.05, 0.1) is 0 Å². The van der Waals surface area contributed by atoms with Gasteiger partial charge in [0.15, 0.2) is 0 Å². The predicted molar refractivity (Wildman–Crippen MR) is 84.8 cm³/mol. The van der Waals surface area contributed by atoms with Crippen LogP contribution in [-0.4, -0.2) is 45.7 Å². The third kappa shape index (κ3) is 5.21. The van der Waals surface area contributed by atoms with Crippen molar-refractivity contribution in [1.29, 1.82) is 0 Å². The lowest BCUT2D eigenvalue weighted by atomic mass is 10.0. The van der Waals surface area contributed by atoms with Gasteiger partial charge >= 0.3 is 0 Å². The molecule has 1 rings (SSSR count). The Kier molecular flexibility index (Phi) is 6.32. The SMILES string of the molecule is CC(C)C(CNCc1ccc(N(C)C)cc1)N(C)C. The first-order valence-electron chi connectivity index (χ1n) is 7.05. The number of rotatable bonds is 7. The highest BCUT2D eigenvalue weighted by Gasteiger charge is 2.14. The van der Waals surface area contributed by atoms with Gasteiger partial charge in [-0.1, -0.05) is 26.0 Å². The third-order valence-electron chi connectivity index (χ3n) is 3.57. The van der Waals surface area contributed by atoms with E-state index in [0.717, 1.165) is 13.1 Å². The van der Waals surface area contributed by atoms with Gasteiger partial charge in [-0.25, -0.2) is 0 Å². The molecule has 0 bridgehead atoms. The smallest absolute Gasteiger partial charge is 0.0361 e. The van der Waals surface area contributed by atoms with E-state index in [1.165, 1.54) is 11.3 Å². The Hall–Kier alpha value is -1.06. The number of hydrogen-bond acceptors (Lipinski definition) is 3. The van der Waals surface area contributed by atoms with Crippen molar-refractivity contribution >= 4 is 5.69 Å². The summed E-state index contributed by atoms with van der Waals surface area (Å²) in [6.45, 7) is 6.52. The van der Waals surface area contributed by atoms with Crippen molar-refractivity contribution in [2.24, 2.45) is 5.92 Å². The Morgan fingerprint density at radius 3 is 2.00 bits per heavy atom. The fraction of sp³-hybridized carbons (Fsp3) is 0.625. The van der Waals surface area contributed by atoms with Crippen LogP contribution in [0.1, 0.15) is 19.4 Å². The molecule has 0 spiro atoms. The average Bonchev–Trinajstić information content (AvgIpc) is 2.34. The second-order valence-corrected chi connectivity index (χ2v) is 5.97. The zero-order chi connectivity index (χ0) is 14.4. The largest absolute Gasteiger partial charge is 0.378 e. The summed E-state index contributed by atoms with van der Waals surface area (Å²) in [4.78, 5) is 4.42.